The van der Waals surface area contributed by atoms with Gasteiger partial charge in [-0.3, -0.25) is 0 Å². The monoisotopic (exact) mass is 420 g/mol. The van der Waals surface area contributed by atoms with Crippen LogP contribution >= 0.6 is 0 Å². The van der Waals surface area contributed by atoms with Crippen LogP contribution < -0.4 is 0 Å². The van der Waals surface area contributed by atoms with Gasteiger partial charge in [-0.25, -0.2) is 8.42 Å². The predicted molar refractivity (Wildman–Crippen MR) is 102 cm³/mol. The fraction of sp³-hybridized carbons (Fsp3) is 0.632. The maximum absolute atomic E-state index is 12.9. The topological polar surface area (TPSA) is 59.0 Å². The molecule has 1 aliphatic rings. The Balaban J connectivity index is 1.96. The van der Waals surface area contributed by atoms with Crippen LogP contribution in [0, 0.1) is 0 Å². The Labute approximate surface area is 164 Å². The van der Waals surface area contributed by atoms with Crippen LogP contribution in [0.5, 0.6) is 0 Å². The summed E-state index contributed by atoms with van der Waals surface area (Å²) in [5.41, 5.74) is -0.198. The Morgan fingerprint density at radius 3 is 2.50 bits per heavy atom. The summed E-state index contributed by atoms with van der Waals surface area (Å²) in [5, 5.41) is 4.14. The van der Waals surface area contributed by atoms with Crippen molar-refractivity contribution >= 4 is 15.7 Å². The first-order chi connectivity index (χ1) is 13.1. The summed E-state index contributed by atoms with van der Waals surface area (Å²) in [6, 6.07) is 3.84. The van der Waals surface area contributed by atoms with Gasteiger partial charge in [-0.2, -0.15) is 17.5 Å². The smallest absolute Gasteiger partial charge is 0.393 e. The van der Waals surface area contributed by atoms with E-state index in [4.69, 9.17) is 4.84 Å². The standard InChI is InChI=1S/C19H27F3N2O3S/c1-3-4-5-7-15(2)27-23-17-10-12-24(13-11-17)28(25,26)18-9-6-8-16(14-18)19(20,21)22/h6,8-9,14-15H,3-5,7,10-13H2,1-2H3. The Bertz CT molecular complexity index is 769. The van der Waals surface area contributed by atoms with Gasteiger partial charge in [0.05, 0.1) is 16.2 Å². The number of alkyl halides is 3. The number of hydrogen-bond donors (Lipinski definition) is 0. The molecule has 9 heteroatoms. The highest BCUT2D eigenvalue weighted by Gasteiger charge is 2.33. The lowest BCUT2D eigenvalue weighted by atomic mass is 10.1. The molecule has 1 saturated heterocycles. The molecule has 0 saturated carbocycles. The normalized spacial score (nSPS) is 17.4. The molecule has 2 rings (SSSR count). The summed E-state index contributed by atoms with van der Waals surface area (Å²) in [7, 11) is -3.98. The van der Waals surface area contributed by atoms with Gasteiger partial charge in [-0.05, 0) is 38.0 Å². The van der Waals surface area contributed by atoms with Crippen molar-refractivity contribution in [3.05, 3.63) is 29.8 Å². The lowest BCUT2D eigenvalue weighted by Gasteiger charge is -2.27. The molecular formula is C19H27F3N2O3S. The zero-order valence-electron chi connectivity index (χ0n) is 16.2. The van der Waals surface area contributed by atoms with Crippen molar-refractivity contribution < 1.29 is 26.4 Å². The second-order valence-corrected chi connectivity index (χ2v) is 8.94. The van der Waals surface area contributed by atoms with Crippen LogP contribution in [0.1, 0.15) is 57.9 Å². The maximum Gasteiger partial charge on any atom is 0.416 e. The number of piperidine rings is 1. The van der Waals surface area contributed by atoms with Crippen LogP contribution in [0.2, 0.25) is 0 Å². The third-order valence-corrected chi connectivity index (χ3v) is 6.57. The van der Waals surface area contributed by atoms with Crippen molar-refractivity contribution in [3.63, 3.8) is 0 Å². The summed E-state index contributed by atoms with van der Waals surface area (Å²) >= 11 is 0. The van der Waals surface area contributed by atoms with Crippen molar-refractivity contribution in [3.8, 4) is 0 Å². The van der Waals surface area contributed by atoms with E-state index in [-0.39, 0.29) is 24.1 Å². The van der Waals surface area contributed by atoms with E-state index in [2.05, 4.69) is 12.1 Å². The molecule has 158 valence electrons. The van der Waals surface area contributed by atoms with Crippen LogP contribution in [0.3, 0.4) is 0 Å². The molecule has 0 aromatic heterocycles. The number of unbranched alkanes of at least 4 members (excludes halogenated alkanes) is 2. The third kappa shape index (κ3) is 6.20. The molecule has 1 heterocycles. The molecule has 1 aromatic carbocycles. The summed E-state index contributed by atoms with van der Waals surface area (Å²) in [5.74, 6) is 0. The Kier molecular flexibility index (Phi) is 7.88. The van der Waals surface area contributed by atoms with Crippen molar-refractivity contribution in [1.29, 1.82) is 0 Å². The summed E-state index contributed by atoms with van der Waals surface area (Å²) in [6.45, 7) is 4.43. The molecule has 1 aliphatic heterocycles. The Morgan fingerprint density at radius 2 is 1.89 bits per heavy atom. The SMILES string of the molecule is CCCCCC(C)ON=C1CCN(S(=O)(=O)c2cccc(C(F)(F)F)c2)CC1. The van der Waals surface area contributed by atoms with E-state index in [9.17, 15) is 21.6 Å². The van der Waals surface area contributed by atoms with Gasteiger partial charge < -0.3 is 4.84 Å². The van der Waals surface area contributed by atoms with Gasteiger partial charge in [0.15, 0.2) is 0 Å². The zero-order chi connectivity index (χ0) is 20.8. The summed E-state index contributed by atoms with van der Waals surface area (Å²) in [4.78, 5) is 5.14. The van der Waals surface area contributed by atoms with Gasteiger partial charge >= 0.3 is 6.18 Å². The molecule has 0 N–H and O–H groups in total. The van der Waals surface area contributed by atoms with Gasteiger partial charge in [-0.15, -0.1) is 0 Å². The van der Waals surface area contributed by atoms with Crippen LogP contribution in [-0.2, 0) is 21.0 Å². The average Bonchev–Trinajstić information content (AvgIpc) is 2.66. The van der Waals surface area contributed by atoms with Gasteiger partial charge in [0.25, 0.3) is 0 Å². The fourth-order valence-corrected chi connectivity index (χ4v) is 4.44. The first-order valence-electron chi connectivity index (χ1n) is 9.53. The summed E-state index contributed by atoms with van der Waals surface area (Å²) < 4.78 is 65.1. The minimum Gasteiger partial charge on any atom is -0.393 e. The van der Waals surface area contributed by atoms with Gasteiger partial charge in [0.2, 0.25) is 10.0 Å². The average molecular weight is 420 g/mol. The molecule has 0 bridgehead atoms. The van der Waals surface area contributed by atoms with Crippen molar-refractivity contribution in [2.24, 2.45) is 5.16 Å². The van der Waals surface area contributed by atoms with Gasteiger partial charge in [0.1, 0.15) is 6.10 Å². The largest absolute Gasteiger partial charge is 0.416 e. The predicted octanol–water partition coefficient (Wildman–Crippen LogP) is 4.83. The minimum absolute atomic E-state index is 0.00548. The van der Waals surface area contributed by atoms with E-state index in [0.717, 1.165) is 43.5 Å². The number of sulfonamides is 1. The number of nitrogens with zero attached hydrogens (tertiary/aromatic N) is 2. The van der Waals surface area contributed by atoms with Crippen LogP contribution in [0.25, 0.3) is 0 Å². The first kappa shape index (κ1) is 22.7. The number of rotatable bonds is 8. The van der Waals surface area contributed by atoms with E-state index in [0.29, 0.717) is 18.9 Å². The molecule has 1 aromatic rings. The molecule has 1 fully saturated rings. The van der Waals surface area contributed by atoms with Crippen molar-refractivity contribution in [1.82, 2.24) is 4.31 Å². The van der Waals surface area contributed by atoms with Gasteiger partial charge in [-0.1, -0.05) is 31.0 Å². The number of halogens is 3. The Hall–Kier alpha value is -1.61. The highest BCUT2D eigenvalue weighted by atomic mass is 32.2. The second-order valence-electron chi connectivity index (χ2n) is 7.00. The highest BCUT2D eigenvalue weighted by molar-refractivity contribution is 7.89. The lowest BCUT2D eigenvalue weighted by molar-refractivity contribution is -0.137. The molecule has 5 nitrogen and oxygen atoms in total. The Morgan fingerprint density at radius 1 is 1.21 bits per heavy atom. The number of oxime groups is 1. The minimum atomic E-state index is -4.58. The quantitative estimate of drug-likeness (QED) is 0.447. The third-order valence-electron chi connectivity index (χ3n) is 4.67. The van der Waals surface area contributed by atoms with E-state index in [1.807, 2.05) is 6.92 Å². The molecular weight excluding hydrogens is 393 g/mol. The van der Waals surface area contributed by atoms with Crippen molar-refractivity contribution in [2.75, 3.05) is 13.1 Å². The second kappa shape index (κ2) is 9.73. The molecule has 1 atom stereocenters. The van der Waals surface area contributed by atoms with E-state index in [1.54, 1.807) is 0 Å². The van der Waals surface area contributed by atoms with Crippen LogP contribution in [0.15, 0.2) is 34.3 Å². The number of hydrogen-bond acceptors (Lipinski definition) is 4. The first-order valence-corrected chi connectivity index (χ1v) is 11.0. The van der Waals surface area contributed by atoms with E-state index >= 15 is 0 Å². The molecule has 0 spiro atoms. The number of benzene rings is 1. The van der Waals surface area contributed by atoms with Crippen molar-refractivity contribution in [2.45, 2.75) is 69.5 Å². The maximum atomic E-state index is 12.9. The van der Waals surface area contributed by atoms with Crippen LogP contribution in [0.4, 0.5) is 13.2 Å². The highest BCUT2D eigenvalue weighted by Crippen LogP contribution is 2.31. The molecule has 28 heavy (non-hydrogen) atoms. The van der Waals surface area contributed by atoms with Gasteiger partial charge in [0, 0.05) is 25.9 Å². The molecule has 0 radical (unpaired) electrons. The summed E-state index contributed by atoms with van der Waals surface area (Å²) in [6.07, 6.45) is 0.500. The fourth-order valence-electron chi connectivity index (χ4n) is 2.96. The molecule has 1 unspecified atom stereocenters. The van der Waals surface area contributed by atoms with E-state index < -0.39 is 21.8 Å². The zero-order valence-corrected chi connectivity index (χ0v) is 17.0. The molecule has 0 aliphatic carbocycles. The van der Waals surface area contributed by atoms with E-state index in [1.165, 1.54) is 10.4 Å². The molecule has 0 amide bonds. The van der Waals surface area contributed by atoms with Crippen LogP contribution in [-0.4, -0.2) is 37.6 Å². The lowest BCUT2D eigenvalue weighted by Crippen LogP contribution is -2.38.